The first kappa shape index (κ1) is 19.4. The van der Waals surface area contributed by atoms with Gasteiger partial charge in [-0.15, -0.1) is 0 Å². The maximum atomic E-state index is 5.43. The van der Waals surface area contributed by atoms with Gasteiger partial charge in [0.25, 0.3) is 0 Å². The number of hydrogen-bond donors (Lipinski definition) is 0. The van der Waals surface area contributed by atoms with Gasteiger partial charge in [0.1, 0.15) is 5.75 Å². The van der Waals surface area contributed by atoms with E-state index in [2.05, 4.69) is 33.2 Å². The number of nitrogens with zero attached hydrogens (tertiary/aromatic N) is 6. The summed E-state index contributed by atoms with van der Waals surface area (Å²) < 4.78 is 7.37. The van der Waals surface area contributed by atoms with Crippen LogP contribution in [-0.2, 0) is 13.6 Å². The van der Waals surface area contributed by atoms with Crippen molar-refractivity contribution in [3.8, 4) is 16.9 Å². The number of ether oxygens (including phenoxy) is 1. The molecule has 0 aliphatic carbocycles. The number of hydrogen-bond acceptors (Lipinski definition) is 6. The molecule has 29 heavy (non-hydrogen) atoms. The summed E-state index contributed by atoms with van der Waals surface area (Å²) in [5.74, 6) is 1.96. The van der Waals surface area contributed by atoms with Crippen LogP contribution in [0.3, 0.4) is 0 Å². The van der Waals surface area contributed by atoms with Crippen molar-refractivity contribution in [1.29, 1.82) is 0 Å². The lowest BCUT2D eigenvalue weighted by Crippen LogP contribution is -2.22. The molecule has 1 saturated heterocycles. The minimum atomic E-state index is 0.367. The highest BCUT2D eigenvalue weighted by Gasteiger charge is 2.28. The smallest absolute Gasteiger partial charge is 0.225 e. The summed E-state index contributed by atoms with van der Waals surface area (Å²) in [6.45, 7) is 2.94. The lowest BCUT2D eigenvalue weighted by molar-refractivity contribution is 0.316. The van der Waals surface area contributed by atoms with E-state index < -0.39 is 0 Å². The molecule has 152 valence electrons. The molecule has 1 aromatic carbocycles. The number of anilines is 1. The number of aryl methyl sites for hydroxylation is 1. The van der Waals surface area contributed by atoms with Gasteiger partial charge >= 0.3 is 0 Å². The zero-order chi connectivity index (χ0) is 20.4. The van der Waals surface area contributed by atoms with Gasteiger partial charge in [0.2, 0.25) is 5.95 Å². The van der Waals surface area contributed by atoms with Crippen LogP contribution in [-0.4, -0.2) is 58.9 Å². The Morgan fingerprint density at radius 1 is 1.24 bits per heavy atom. The molecule has 1 aliphatic heterocycles. The Balaban J connectivity index is 1.64. The standard InChI is InChI=1S/C22H28N6O/c1-26(2)22-23-13-20(16-6-5-7-19(12-16)29-4)21(25-22)17-9-11-28(14-17)15-18-8-10-24-27(18)3/h5-8,10,12-13,17H,9,11,14-15H2,1-4H3. The van der Waals surface area contributed by atoms with Crippen molar-refractivity contribution in [3.63, 3.8) is 0 Å². The van der Waals surface area contributed by atoms with Crippen molar-refractivity contribution in [2.24, 2.45) is 7.05 Å². The second kappa shape index (κ2) is 8.21. The molecule has 7 heteroatoms. The van der Waals surface area contributed by atoms with Crippen LogP contribution in [0.2, 0.25) is 0 Å². The molecule has 3 aromatic rings. The van der Waals surface area contributed by atoms with Crippen LogP contribution in [0.4, 0.5) is 5.95 Å². The Morgan fingerprint density at radius 2 is 2.10 bits per heavy atom. The van der Waals surface area contributed by atoms with E-state index in [0.29, 0.717) is 5.92 Å². The molecule has 0 amide bonds. The highest BCUT2D eigenvalue weighted by Crippen LogP contribution is 2.35. The molecular formula is C22H28N6O. The Morgan fingerprint density at radius 3 is 2.83 bits per heavy atom. The topological polar surface area (TPSA) is 59.3 Å². The first-order valence-corrected chi connectivity index (χ1v) is 9.93. The molecule has 1 unspecified atom stereocenters. The van der Waals surface area contributed by atoms with Gasteiger partial charge in [-0.2, -0.15) is 5.10 Å². The Hall–Kier alpha value is -2.93. The highest BCUT2D eigenvalue weighted by molar-refractivity contribution is 5.68. The molecule has 0 radical (unpaired) electrons. The van der Waals surface area contributed by atoms with Gasteiger partial charge in [-0.1, -0.05) is 12.1 Å². The Bertz CT molecular complexity index is 983. The maximum Gasteiger partial charge on any atom is 0.225 e. The van der Waals surface area contributed by atoms with E-state index in [1.54, 1.807) is 7.11 Å². The van der Waals surface area contributed by atoms with E-state index in [1.165, 1.54) is 5.69 Å². The number of likely N-dealkylation sites (tertiary alicyclic amines) is 1. The van der Waals surface area contributed by atoms with E-state index >= 15 is 0 Å². The summed E-state index contributed by atoms with van der Waals surface area (Å²) in [6, 6.07) is 10.2. The minimum absolute atomic E-state index is 0.367. The van der Waals surface area contributed by atoms with Gasteiger partial charge < -0.3 is 9.64 Å². The summed E-state index contributed by atoms with van der Waals surface area (Å²) in [7, 11) is 7.65. The van der Waals surface area contributed by atoms with E-state index in [0.717, 1.165) is 54.6 Å². The molecular weight excluding hydrogens is 364 g/mol. The molecule has 7 nitrogen and oxygen atoms in total. The minimum Gasteiger partial charge on any atom is -0.497 e. The van der Waals surface area contributed by atoms with E-state index in [9.17, 15) is 0 Å². The van der Waals surface area contributed by atoms with Crippen LogP contribution < -0.4 is 9.64 Å². The second-order valence-electron chi connectivity index (χ2n) is 7.76. The van der Waals surface area contributed by atoms with E-state index in [4.69, 9.17) is 9.72 Å². The van der Waals surface area contributed by atoms with Gasteiger partial charge in [0, 0.05) is 58.1 Å². The Kier molecular flexibility index (Phi) is 5.49. The zero-order valence-corrected chi connectivity index (χ0v) is 17.5. The van der Waals surface area contributed by atoms with Crippen LogP contribution in [0, 0.1) is 0 Å². The van der Waals surface area contributed by atoms with Crippen molar-refractivity contribution in [3.05, 3.63) is 54.1 Å². The molecule has 0 saturated carbocycles. The van der Waals surface area contributed by atoms with Crippen molar-refractivity contribution < 1.29 is 4.74 Å². The first-order valence-electron chi connectivity index (χ1n) is 9.93. The van der Waals surface area contributed by atoms with Gasteiger partial charge in [-0.3, -0.25) is 9.58 Å². The molecule has 0 N–H and O–H groups in total. The average Bonchev–Trinajstić information content (AvgIpc) is 3.37. The van der Waals surface area contributed by atoms with Crippen LogP contribution in [0.5, 0.6) is 5.75 Å². The summed E-state index contributed by atoms with van der Waals surface area (Å²) in [6.07, 6.45) is 4.90. The maximum absolute atomic E-state index is 5.43. The molecule has 0 spiro atoms. The fourth-order valence-corrected chi connectivity index (χ4v) is 3.91. The first-order chi connectivity index (χ1) is 14.0. The number of benzene rings is 1. The van der Waals surface area contributed by atoms with Crippen molar-refractivity contribution in [2.45, 2.75) is 18.9 Å². The number of rotatable bonds is 6. The molecule has 2 aromatic heterocycles. The predicted molar refractivity (Wildman–Crippen MR) is 114 cm³/mol. The summed E-state index contributed by atoms with van der Waals surface area (Å²) in [4.78, 5) is 14.0. The second-order valence-corrected chi connectivity index (χ2v) is 7.76. The molecule has 4 rings (SSSR count). The van der Waals surface area contributed by atoms with Crippen molar-refractivity contribution >= 4 is 5.95 Å². The van der Waals surface area contributed by atoms with Crippen LogP contribution >= 0.6 is 0 Å². The monoisotopic (exact) mass is 392 g/mol. The van der Waals surface area contributed by atoms with Crippen LogP contribution in [0.15, 0.2) is 42.7 Å². The van der Waals surface area contributed by atoms with Gasteiger partial charge in [-0.25, -0.2) is 9.97 Å². The summed E-state index contributed by atoms with van der Waals surface area (Å²) in [5, 5.41) is 4.29. The third-order valence-corrected chi connectivity index (χ3v) is 5.55. The molecule has 1 fully saturated rings. The summed E-state index contributed by atoms with van der Waals surface area (Å²) >= 11 is 0. The van der Waals surface area contributed by atoms with E-state index in [-0.39, 0.29) is 0 Å². The van der Waals surface area contributed by atoms with Crippen molar-refractivity contribution in [2.75, 3.05) is 39.2 Å². The predicted octanol–water partition coefficient (Wildman–Crippen LogP) is 2.94. The van der Waals surface area contributed by atoms with Gasteiger partial charge in [-0.05, 0) is 36.7 Å². The van der Waals surface area contributed by atoms with Gasteiger partial charge in [0.15, 0.2) is 0 Å². The molecule has 0 bridgehead atoms. The quantitative estimate of drug-likeness (QED) is 0.643. The lowest BCUT2D eigenvalue weighted by Gasteiger charge is -2.19. The molecule has 1 atom stereocenters. The SMILES string of the molecule is COc1cccc(-c2cnc(N(C)C)nc2C2CCN(Cc3ccnn3C)C2)c1. The third-order valence-electron chi connectivity index (χ3n) is 5.55. The highest BCUT2D eigenvalue weighted by atomic mass is 16.5. The van der Waals surface area contributed by atoms with Gasteiger partial charge in [0.05, 0.1) is 18.5 Å². The fraction of sp³-hybridized carbons (Fsp3) is 0.409. The number of methoxy groups -OCH3 is 1. The third kappa shape index (κ3) is 4.10. The Labute approximate surface area is 172 Å². The molecule has 1 aliphatic rings. The largest absolute Gasteiger partial charge is 0.497 e. The normalized spacial score (nSPS) is 16.9. The number of aromatic nitrogens is 4. The van der Waals surface area contributed by atoms with Crippen LogP contribution in [0.1, 0.15) is 23.7 Å². The fourth-order valence-electron chi connectivity index (χ4n) is 3.91. The lowest BCUT2D eigenvalue weighted by atomic mass is 9.96. The zero-order valence-electron chi connectivity index (χ0n) is 17.5. The van der Waals surface area contributed by atoms with E-state index in [1.807, 2.05) is 55.3 Å². The average molecular weight is 393 g/mol. The van der Waals surface area contributed by atoms with Crippen molar-refractivity contribution in [1.82, 2.24) is 24.6 Å². The van der Waals surface area contributed by atoms with Crippen LogP contribution in [0.25, 0.3) is 11.1 Å². The summed E-state index contributed by atoms with van der Waals surface area (Å²) in [5.41, 5.74) is 4.52. The molecule has 3 heterocycles.